The van der Waals surface area contributed by atoms with E-state index in [1.807, 2.05) is 24.8 Å². The molecule has 0 aromatic carbocycles. The van der Waals surface area contributed by atoms with E-state index in [1.54, 1.807) is 0 Å². The molecule has 0 unspecified atom stereocenters. The van der Waals surface area contributed by atoms with Crippen molar-refractivity contribution in [2.24, 2.45) is 0 Å². The summed E-state index contributed by atoms with van der Waals surface area (Å²) in [6.45, 7) is 4.14. The van der Waals surface area contributed by atoms with Crippen LogP contribution in [0.15, 0.2) is 12.3 Å². The Morgan fingerprint density at radius 3 is 2.50 bits per heavy atom. The number of rotatable bonds is 2. The average molecular weight is 112 g/mol. The highest BCUT2D eigenvalue weighted by atomic mass is 14.9. The second-order valence-electron chi connectivity index (χ2n) is 1.72. The van der Waals surface area contributed by atoms with Crippen molar-refractivity contribution in [1.29, 1.82) is 0 Å². The van der Waals surface area contributed by atoms with Gasteiger partial charge >= 0.3 is 0 Å². The Bertz CT molecular complexity index is 101. The van der Waals surface area contributed by atoms with Crippen molar-refractivity contribution in [3.8, 4) is 0 Å². The molecule has 0 bridgehead atoms. The molecule has 46 valence electrons. The summed E-state index contributed by atoms with van der Waals surface area (Å²) < 4.78 is 2.03. The topological polar surface area (TPSA) is 3.01 Å². The van der Waals surface area contributed by atoms with Gasteiger partial charge in [-0.2, -0.15) is 0 Å². The molecule has 0 amide bonds. The molecule has 8 heavy (non-hydrogen) atoms. The van der Waals surface area contributed by atoms with Gasteiger partial charge in [0.2, 0.25) is 0 Å². The average Bonchev–Trinajstić information content (AvgIpc) is 1.83. The number of allylic oxidation sites excluding steroid dienone is 1. The van der Waals surface area contributed by atoms with Crippen LogP contribution in [0.2, 0.25) is 0 Å². The summed E-state index contributed by atoms with van der Waals surface area (Å²) in [6, 6.07) is 0. The monoisotopic (exact) mass is 112 g/mol. The highest BCUT2D eigenvalue weighted by molar-refractivity contribution is 5.46. The van der Waals surface area contributed by atoms with Crippen molar-refractivity contribution in [2.45, 2.75) is 20.3 Å². The molecular formula is C7H14N+. The number of hydrogen-bond acceptors (Lipinski definition) is 0. The summed E-state index contributed by atoms with van der Waals surface area (Å²) in [5.74, 6) is 0. The first-order valence-electron chi connectivity index (χ1n) is 2.99. The molecule has 0 N–H and O–H groups in total. The minimum absolute atomic E-state index is 1.11. The van der Waals surface area contributed by atoms with Crippen LogP contribution >= 0.6 is 0 Å². The zero-order valence-electron chi connectivity index (χ0n) is 5.89. The zero-order valence-corrected chi connectivity index (χ0v) is 5.89. The zero-order chi connectivity index (χ0) is 6.41. The van der Waals surface area contributed by atoms with Crippen LogP contribution in [0.5, 0.6) is 0 Å². The van der Waals surface area contributed by atoms with Gasteiger partial charge in [-0.05, 0) is 12.5 Å². The van der Waals surface area contributed by atoms with Gasteiger partial charge in [0.25, 0.3) is 0 Å². The lowest BCUT2D eigenvalue weighted by Gasteiger charge is -1.79. The first-order chi connectivity index (χ1) is 3.81. The second-order valence-corrected chi connectivity index (χ2v) is 1.72. The van der Waals surface area contributed by atoms with E-state index in [4.69, 9.17) is 0 Å². The summed E-state index contributed by atoms with van der Waals surface area (Å²) in [7, 11) is 2.02. The fourth-order valence-electron chi connectivity index (χ4n) is 0.358. The maximum Gasteiger partial charge on any atom is 0.164 e. The van der Waals surface area contributed by atoms with Crippen LogP contribution in [-0.4, -0.2) is 17.8 Å². The fourth-order valence-corrected chi connectivity index (χ4v) is 0.358. The highest BCUT2D eigenvalue weighted by Gasteiger charge is 1.78. The van der Waals surface area contributed by atoms with Crippen LogP contribution in [-0.2, 0) is 0 Å². The third kappa shape index (κ3) is 3.59. The molecular weight excluding hydrogens is 98.1 g/mol. The summed E-state index contributed by atoms with van der Waals surface area (Å²) in [6.07, 6.45) is 7.31. The van der Waals surface area contributed by atoms with Crippen molar-refractivity contribution in [3.63, 3.8) is 0 Å². The van der Waals surface area contributed by atoms with Gasteiger partial charge in [-0.3, -0.25) is 0 Å². The SMILES string of the molecule is CC=[N+](C)/C=C\CC. The molecule has 0 aromatic rings. The largest absolute Gasteiger partial charge is 0.212 e. The maximum atomic E-state index is 2.12. The van der Waals surface area contributed by atoms with Gasteiger partial charge in [-0.15, -0.1) is 0 Å². The lowest BCUT2D eigenvalue weighted by atomic mass is 10.5. The van der Waals surface area contributed by atoms with Crippen LogP contribution < -0.4 is 0 Å². The van der Waals surface area contributed by atoms with Crippen LogP contribution in [0.4, 0.5) is 0 Å². The Kier molecular flexibility index (Phi) is 4.23. The normalized spacial score (nSPS) is 13.1. The quantitative estimate of drug-likeness (QED) is 0.377. The van der Waals surface area contributed by atoms with E-state index < -0.39 is 0 Å². The molecule has 0 aliphatic rings. The van der Waals surface area contributed by atoms with E-state index in [-0.39, 0.29) is 0 Å². The summed E-state index contributed by atoms with van der Waals surface area (Å²) in [4.78, 5) is 0. The highest BCUT2D eigenvalue weighted by Crippen LogP contribution is 1.77. The Morgan fingerprint density at radius 2 is 2.12 bits per heavy atom. The molecule has 0 rings (SSSR count). The van der Waals surface area contributed by atoms with Crippen molar-refractivity contribution < 1.29 is 4.58 Å². The van der Waals surface area contributed by atoms with Crippen molar-refractivity contribution >= 4 is 6.21 Å². The molecule has 0 atom stereocenters. The number of nitrogens with zero attached hydrogens (tertiary/aromatic N) is 1. The molecule has 0 saturated heterocycles. The molecule has 0 spiro atoms. The molecule has 0 heterocycles. The molecule has 1 nitrogen and oxygen atoms in total. The van der Waals surface area contributed by atoms with E-state index in [9.17, 15) is 0 Å². The van der Waals surface area contributed by atoms with E-state index in [2.05, 4.69) is 19.2 Å². The smallest absolute Gasteiger partial charge is 0.164 e. The maximum absolute atomic E-state index is 2.12. The number of hydrogen-bond donors (Lipinski definition) is 0. The van der Waals surface area contributed by atoms with Crippen LogP contribution in [0.3, 0.4) is 0 Å². The molecule has 0 saturated carbocycles. The Hall–Kier alpha value is -0.590. The van der Waals surface area contributed by atoms with Gasteiger partial charge in [-0.25, -0.2) is 4.58 Å². The van der Waals surface area contributed by atoms with E-state index in [1.165, 1.54) is 0 Å². The van der Waals surface area contributed by atoms with Crippen LogP contribution in [0.25, 0.3) is 0 Å². The first kappa shape index (κ1) is 7.41. The van der Waals surface area contributed by atoms with Crippen molar-refractivity contribution in [2.75, 3.05) is 7.05 Å². The third-order valence-corrected chi connectivity index (χ3v) is 0.984. The molecule has 0 fully saturated rings. The fraction of sp³-hybridized carbons (Fsp3) is 0.571. The Labute approximate surface area is 51.3 Å². The first-order valence-corrected chi connectivity index (χ1v) is 2.99. The van der Waals surface area contributed by atoms with Crippen LogP contribution in [0.1, 0.15) is 20.3 Å². The minimum Gasteiger partial charge on any atom is -0.212 e. The van der Waals surface area contributed by atoms with E-state index in [0.717, 1.165) is 6.42 Å². The van der Waals surface area contributed by atoms with Crippen LogP contribution in [0, 0.1) is 0 Å². The summed E-state index contributed by atoms with van der Waals surface area (Å²) in [5.41, 5.74) is 0. The molecule has 0 radical (unpaired) electrons. The van der Waals surface area contributed by atoms with Gasteiger partial charge in [0.15, 0.2) is 6.20 Å². The van der Waals surface area contributed by atoms with Crippen molar-refractivity contribution in [3.05, 3.63) is 12.3 Å². The Balaban J connectivity index is 3.53. The molecule has 0 aromatic heterocycles. The lowest BCUT2D eigenvalue weighted by molar-refractivity contribution is -0.417. The van der Waals surface area contributed by atoms with Gasteiger partial charge in [-0.1, -0.05) is 6.92 Å². The standard InChI is InChI=1S/C7H14N/c1-4-6-7-8(3)5-2/h5-7H,4H2,1-3H3/q+1/b7-6-,8-5?. The summed E-state index contributed by atoms with van der Waals surface area (Å²) >= 11 is 0. The second kappa shape index (κ2) is 4.57. The van der Waals surface area contributed by atoms with Gasteiger partial charge in [0.05, 0.1) is 0 Å². The molecule has 0 aliphatic carbocycles. The minimum atomic E-state index is 1.11. The molecule has 0 aliphatic heterocycles. The third-order valence-electron chi connectivity index (χ3n) is 0.984. The Morgan fingerprint density at radius 1 is 1.50 bits per heavy atom. The predicted molar refractivity (Wildman–Crippen MR) is 37.4 cm³/mol. The van der Waals surface area contributed by atoms with Gasteiger partial charge in [0.1, 0.15) is 13.3 Å². The predicted octanol–water partition coefficient (Wildman–Crippen LogP) is 1.64. The molecule has 1 heteroatoms. The van der Waals surface area contributed by atoms with E-state index in [0.29, 0.717) is 0 Å². The van der Waals surface area contributed by atoms with Crippen molar-refractivity contribution in [1.82, 2.24) is 0 Å². The lowest BCUT2D eigenvalue weighted by Crippen LogP contribution is -1.92. The van der Waals surface area contributed by atoms with Gasteiger partial charge < -0.3 is 0 Å². The van der Waals surface area contributed by atoms with Gasteiger partial charge in [0, 0.05) is 6.92 Å². The summed E-state index contributed by atoms with van der Waals surface area (Å²) in [5, 5.41) is 0. The van der Waals surface area contributed by atoms with E-state index >= 15 is 0 Å².